The average molecular weight is 508 g/mol. The summed E-state index contributed by atoms with van der Waals surface area (Å²) in [5.41, 5.74) is 1.04. The summed E-state index contributed by atoms with van der Waals surface area (Å²) < 4.78 is 48.9. The fourth-order valence-electron chi connectivity index (χ4n) is 3.50. The Hall–Kier alpha value is -2.40. The molecule has 0 atom stereocenters. The number of thiazole rings is 1. The average Bonchev–Trinajstić information content (AvgIpc) is 3.15. The first-order valence-corrected chi connectivity index (χ1v) is 13.6. The first kappa shape index (κ1) is 26.2. The molecule has 0 saturated carbocycles. The molecule has 2 aromatic carbocycles. The number of unbranched alkanes of at least 4 members (excludes halogenated alkanes) is 1. The second kappa shape index (κ2) is 11.8. The van der Waals surface area contributed by atoms with Gasteiger partial charge in [0, 0.05) is 31.8 Å². The quantitative estimate of drug-likeness (QED) is 0.360. The van der Waals surface area contributed by atoms with Gasteiger partial charge >= 0.3 is 0 Å². The minimum atomic E-state index is -3.63. The van der Waals surface area contributed by atoms with Crippen LogP contribution >= 0.6 is 11.3 Å². The maximum atomic E-state index is 13.7. The predicted molar refractivity (Wildman–Crippen MR) is 132 cm³/mol. The number of carbonyl (C=O) groups is 1. The lowest BCUT2D eigenvalue weighted by Crippen LogP contribution is -2.31. The molecule has 184 valence electrons. The number of fused-ring (bicyclic) bond motifs is 1. The Labute approximate surface area is 203 Å². The van der Waals surface area contributed by atoms with Crippen LogP contribution in [0.3, 0.4) is 0 Å². The minimum Gasteiger partial charge on any atom is -0.380 e. The zero-order chi connectivity index (χ0) is 24.7. The molecule has 0 aliphatic heterocycles. The lowest BCUT2D eigenvalue weighted by molar-refractivity contribution is 0.0996. The molecule has 7 nitrogen and oxygen atoms in total. The molecule has 0 radical (unpaired) electrons. The Morgan fingerprint density at radius 1 is 1.15 bits per heavy atom. The molecule has 10 heteroatoms. The number of benzene rings is 2. The van der Waals surface area contributed by atoms with Gasteiger partial charge in [-0.2, -0.15) is 9.30 Å². The Bertz CT molecular complexity index is 1300. The lowest BCUT2D eigenvalue weighted by Gasteiger charge is -2.20. The number of aromatic nitrogens is 1. The van der Waals surface area contributed by atoms with Gasteiger partial charge < -0.3 is 9.30 Å². The van der Waals surface area contributed by atoms with E-state index in [1.165, 1.54) is 52.0 Å². The van der Waals surface area contributed by atoms with Gasteiger partial charge in [0.1, 0.15) is 5.82 Å². The SMILES string of the molecule is CCCCN(CC)S(=O)(=O)c1ccc(C(=O)N=c2sc3cc(F)ccc3n2CCOCC)cc1. The number of halogens is 1. The highest BCUT2D eigenvalue weighted by atomic mass is 32.2. The van der Waals surface area contributed by atoms with E-state index in [4.69, 9.17) is 4.74 Å². The van der Waals surface area contributed by atoms with Crippen LogP contribution in [0.4, 0.5) is 4.39 Å². The van der Waals surface area contributed by atoms with E-state index in [2.05, 4.69) is 4.99 Å². The first-order valence-electron chi connectivity index (χ1n) is 11.4. The van der Waals surface area contributed by atoms with Crippen molar-refractivity contribution in [3.05, 3.63) is 58.6 Å². The fraction of sp³-hybridized carbons (Fsp3) is 0.417. The number of nitrogens with zero attached hydrogens (tertiary/aromatic N) is 3. The van der Waals surface area contributed by atoms with Gasteiger partial charge in [0.15, 0.2) is 4.80 Å². The third-order valence-electron chi connectivity index (χ3n) is 5.36. The summed E-state index contributed by atoms with van der Waals surface area (Å²) in [7, 11) is -3.63. The molecule has 0 aliphatic rings. The van der Waals surface area contributed by atoms with Crippen molar-refractivity contribution in [1.29, 1.82) is 0 Å². The number of ether oxygens (including phenoxy) is 1. The van der Waals surface area contributed by atoms with Crippen molar-refractivity contribution in [3.8, 4) is 0 Å². The van der Waals surface area contributed by atoms with E-state index in [0.29, 0.717) is 42.3 Å². The van der Waals surface area contributed by atoms with Crippen molar-refractivity contribution in [3.63, 3.8) is 0 Å². The molecule has 1 heterocycles. The van der Waals surface area contributed by atoms with E-state index in [0.717, 1.165) is 18.4 Å². The van der Waals surface area contributed by atoms with Crippen LogP contribution in [0.25, 0.3) is 10.2 Å². The van der Waals surface area contributed by atoms with E-state index in [1.54, 1.807) is 6.07 Å². The zero-order valence-electron chi connectivity index (χ0n) is 19.7. The van der Waals surface area contributed by atoms with Crippen LogP contribution in [0.15, 0.2) is 52.4 Å². The minimum absolute atomic E-state index is 0.145. The van der Waals surface area contributed by atoms with Crippen LogP contribution in [0, 0.1) is 5.82 Å². The molecule has 34 heavy (non-hydrogen) atoms. The summed E-state index contributed by atoms with van der Waals surface area (Å²) in [5, 5.41) is 0. The normalized spacial score (nSPS) is 12.7. The van der Waals surface area contributed by atoms with E-state index >= 15 is 0 Å². The Kier molecular flexibility index (Phi) is 9.12. The van der Waals surface area contributed by atoms with Crippen molar-refractivity contribution >= 4 is 37.5 Å². The first-order chi connectivity index (χ1) is 16.3. The molecular weight excluding hydrogens is 477 g/mol. The highest BCUT2D eigenvalue weighted by molar-refractivity contribution is 7.89. The van der Waals surface area contributed by atoms with E-state index < -0.39 is 15.9 Å². The van der Waals surface area contributed by atoms with Crippen LogP contribution in [0.5, 0.6) is 0 Å². The van der Waals surface area contributed by atoms with Crippen LogP contribution in [0.1, 0.15) is 44.0 Å². The maximum Gasteiger partial charge on any atom is 0.279 e. The monoisotopic (exact) mass is 507 g/mol. The molecule has 3 aromatic rings. The predicted octanol–water partition coefficient (Wildman–Crippen LogP) is 4.43. The summed E-state index contributed by atoms with van der Waals surface area (Å²) in [6.45, 7) is 8.01. The standard InChI is InChI=1S/C24H30FN3O4S2/c1-4-7-14-27(5-2)34(30,31)20-11-8-18(9-12-20)23(29)26-24-28(15-16-32-6-3)21-13-10-19(25)17-22(21)33-24/h8-13,17H,4-7,14-16H2,1-3H3. The van der Waals surface area contributed by atoms with Crippen molar-refractivity contribution in [2.75, 3.05) is 26.3 Å². The largest absolute Gasteiger partial charge is 0.380 e. The van der Waals surface area contributed by atoms with Gasteiger partial charge in [-0.15, -0.1) is 0 Å². The fourth-order valence-corrected chi connectivity index (χ4v) is 6.07. The number of amides is 1. The van der Waals surface area contributed by atoms with Crippen molar-refractivity contribution in [1.82, 2.24) is 8.87 Å². The second-order valence-electron chi connectivity index (χ2n) is 7.64. The molecule has 0 saturated heterocycles. The number of rotatable bonds is 11. The summed E-state index contributed by atoms with van der Waals surface area (Å²) in [4.78, 5) is 17.7. The third-order valence-corrected chi connectivity index (χ3v) is 8.39. The van der Waals surface area contributed by atoms with Crippen LogP contribution < -0.4 is 4.80 Å². The number of hydrogen-bond acceptors (Lipinski definition) is 5. The van der Waals surface area contributed by atoms with E-state index in [9.17, 15) is 17.6 Å². The number of hydrogen-bond donors (Lipinski definition) is 0. The van der Waals surface area contributed by atoms with Crippen LogP contribution in [0.2, 0.25) is 0 Å². The van der Waals surface area contributed by atoms with E-state index in [1.807, 2.05) is 25.3 Å². The molecule has 0 aliphatic carbocycles. The maximum absolute atomic E-state index is 13.7. The molecule has 1 aromatic heterocycles. The molecule has 0 fully saturated rings. The summed E-state index contributed by atoms with van der Waals surface area (Å²) in [6, 6.07) is 10.3. The highest BCUT2D eigenvalue weighted by Gasteiger charge is 2.22. The van der Waals surface area contributed by atoms with Crippen LogP contribution in [-0.4, -0.2) is 49.5 Å². The number of carbonyl (C=O) groups excluding carboxylic acids is 1. The van der Waals surface area contributed by atoms with Gasteiger partial charge in [0.2, 0.25) is 10.0 Å². The molecular formula is C24H30FN3O4S2. The summed E-state index contributed by atoms with van der Waals surface area (Å²) >= 11 is 1.22. The van der Waals surface area contributed by atoms with Gasteiger partial charge in [-0.3, -0.25) is 4.79 Å². The third kappa shape index (κ3) is 5.99. The smallest absolute Gasteiger partial charge is 0.279 e. The van der Waals surface area contributed by atoms with Crippen molar-refractivity contribution < 1.29 is 22.3 Å². The van der Waals surface area contributed by atoms with Gasteiger partial charge in [-0.05, 0) is 55.8 Å². The van der Waals surface area contributed by atoms with Crippen LogP contribution in [-0.2, 0) is 21.3 Å². The van der Waals surface area contributed by atoms with Crippen molar-refractivity contribution in [2.24, 2.45) is 4.99 Å². The van der Waals surface area contributed by atoms with Gasteiger partial charge in [0.25, 0.3) is 5.91 Å². The lowest BCUT2D eigenvalue weighted by atomic mass is 10.2. The van der Waals surface area contributed by atoms with Gasteiger partial charge in [-0.25, -0.2) is 12.8 Å². The Balaban J connectivity index is 1.92. The van der Waals surface area contributed by atoms with Gasteiger partial charge in [0.05, 0.1) is 21.7 Å². The summed E-state index contributed by atoms with van der Waals surface area (Å²) in [5.74, 6) is -0.861. The topological polar surface area (TPSA) is 81.0 Å². The highest BCUT2D eigenvalue weighted by Crippen LogP contribution is 2.20. The zero-order valence-corrected chi connectivity index (χ0v) is 21.3. The molecule has 0 N–H and O–H groups in total. The van der Waals surface area contributed by atoms with Gasteiger partial charge in [-0.1, -0.05) is 31.6 Å². The van der Waals surface area contributed by atoms with E-state index in [-0.39, 0.29) is 16.3 Å². The molecule has 3 rings (SSSR count). The second-order valence-corrected chi connectivity index (χ2v) is 10.6. The molecule has 0 bridgehead atoms. The molecule has 0 unspecified atom stereocenters. The Morgan fingerprint density at radius 2 is 1.88 bits per heavy atom. The Morgan fingerprint density at radius 3 is 2.53 bits per heavy atom. The van der Waals surface area contributed by atoms with Crippen molar-refractivity contribution in [2.45, 2.75) is 45.1 Å². The molecule has 0 spiro atoms. The summed E-state index contributed by atoms with van der Waals surface area (Å²) in [6.07, 6.45) is 1.68. The molecule has 1 amide bonds. The number of sulfonamides is 1.